The first-order chi connectivity index (χ1) is 16.3. The van der Waals surface area contributed by atoms with Crippen LogP contribution in [0.5, 0.6) is 5.75 Å². The van der Waals surface area contributed by atoms with E-state index in [2.05, 4.69) is 9.88 Å². The molecule has 2 saturated heterocycles. The van der Waals surface area contributed by atoms with Crippen LogP contribution >= 0.6 is 7.52 Å². The van der Waals surface area contributed by atoms with Gasteiger partial charge in [-0.25, -0.2) is 4.67 Å². The average molecular weight is 488 g/mol. The van der Waals surface area contributed by atoms with Crippen LogP contribution in [0.3, 0.4) is 0 Å². The third-order valence-corrected chi connectivity index (χ3v) is 7.86. The predicted octanol–water partition coefficient (Wildman–Crippen LogP) is 2.15. The number of furan rings is 1. The molecule has 182 valence electrons. The Bertz CT molecular complexity index is 1290. The van der Waals surface area contributed by atoms with Crippen molar-refractivity contribution >= 4 is 18.5 Å². The molecule has 1 unspecified atom stereocenters. The molecule has 2 fully saturated rings. The number of piperazine rings is 1. The summed E-state index contributed by atoms with van der Waals surface area (Å²) in [6.45, 7) is 6.15. The van der Waals surface area contributed by atoms with Gasteiger partial charge in [0.15, 0.2) is 0 Å². The number of aryl methyl sites for hydroxylation is 1. The van der Waals surface area contributed by atoms with Crippen LogP contribution in [0, 0.1) is 5.92 Å². The van der Waals surface area contributed by atoms with E-state index < -0.39 is 7.52 Å². The van der Waals surface area contributed by atoms with Gasteiger partial charge in [-0.1, -0.05) is 0 Å². The van der Waals surface area contributed by atoms with Crippen molar-refractivity contribution in [3.8, 4) is 16.9 Å². The van der Waals surface area contributed by atoms with Crippen molar-refractivity contribution in [3.63, 3.8) is 0 Å². The van der Waals surface area contributed by atoms with E-state index in [0.717, 1.165) is 11.1 Å². The van der Waals surface area contributed by atoms with Crippen LogP contribution in [-0.4, -0.2) is 76.7 Å². The first kappa shape index (κ1) is 23.3. The van der Waals surface area contributed by atoms with Gasteiger partial charge in [-0.3, -0.25) is 19.2 Å². The number of hydrogen-bond acceptors (Lipinski definition) is 7. The van der Waals surface area contributed by atoms with Crippen LogP contribution in [0.4, 0.5) is 0 Å². The van der Waals surface area contributed by atoms with E-state index in [0.29, 0.717) is 80.9 Å². The Labute approximate surface area is 197 Å². The number of pyridine rings is 2. The number of hydrogen-bond donors (Lipinski definition) is 1. The van der Waals surface area contributed by atoms with Crippen molar-refractivity contribution in [2.75, 3.05) is 52.7 Å². The number of aromatic nitrogens is 2. The Kier molecular flexibility index (Phi) is 6.35. The highest BCUT2D eigenvalue weighted by Gasteiger charge is 2.28. The molecule has 3 aromatic rings. The molecule has 34 heavy (non-hydrogen) atoms. The maximum atomic E-state index is 12.9. The molecule has 0 bridgehead atoms. The standard InChI is InChI=1S/C23H29N4O6P/c1-25-12-20(18-3-4-24-10-21(18)32-15-16-13-31-14-16)22-19(23(25)28)9-17(33-22)11-26-5-7-27(8-6-26)34(2,29)30/h3-4,9-10,12,16H,5-8,11,13-15H2,1-2H3,(H,29,30). The largest absolute Gasteiger partial charge is 0.491 e. The molecule has 11 heteroatoms. The minimum absolute atomic E-state index is 0.131. The smallest absolute Gasteiger partial charge is 0.266 e. The van der Waals surface area contributed by atoms with Gasteiger partial charge in [0.05, 0.1) is 37.9 Å². The maximum absolute atomic E-state index is 12.9. The van der Waals surface area contributed by atoms with Gasteiger partial charge in [0.2, 0.25) is 0 Å². The fraction of sp³-hybridized carbons (Fsp3) is 0.478. The minimum Gasteiger partial charge on any atom is -0.491 e. The van der Waals surface area contributed by atoms with Gasteiger partial charge in [0, 0.05) is 69.3 Å². The first-order valence-electron chi connectivity index (χ1n) is 11.3. The van der Waals surface area contributed by atoms with Crippen molar-refractivity contribution in [1.82, 2.24) is 19.1 Å². The third-order valence-electron chi connectivity index (χ3n) is 6.41. The summed E-state index contributed by atoms with van der Waals surface area (Å²) in [6.07, 6.45) is 5.15. The van der Waals surface area contributed by atoms with Gasteiger partial charge >= 0.3 is 0 Å². The molecular formula is C23H29N4O6P. The van der Waals surface area contributed by atoms with Crippen LogP contribution in [0.15, 0.2) is 39.9 Å². The lowest BCUT2D eigenvalue weighted by Crippen LogP contribution is -2.44. The van der Waals surface area contributed by atoms with Gasteiger partial charge in [0.25, 0.3) is 13.1 Å². The predicted molar refractivity (Wildman–Crippen MR) is 127 cm³/mol. The Balaban J connectivity index is 1.43. The van der Waals surface area contributed by atoms with E-state index in [1.165, 1.54) is 6.66 Å². The molecule has 0 aliphatic carbocycles. The van der Waals surface area contributed by atoms with E-state index in [1.807, 2.05) is 6.07 Å². The Morgan fingerprint density at radius 2 is 2.00 bits per heavy atom. The summed E-state index contributed by atoms with van der Waals surface area (Å²) in [4.78, 5) is 29.1. The lowest BCUT2D eigenvalue weighted by atomic mass is 10.1. The summed E-state index contributed by atoms with van der Waals surface area (Å²) < 4.78 is 32.6. The van der Waals surface area contributed by atoms with Crippen molar-refractivity contribution in [2.45, 2.75) is 6.54 Å². The van der Waals surface area contributed by atoms with Crippen molar-refractivity contribution in [1.29, 1.82) is 0 Å². The molecule has 0 aromatic carbocycles. The molecule has 2 aliphatic rings. The van der Waals surface area contributed by atoms with E-state index in [1.54, 1.807) is 40.9 Å². The first-order valence-corrected chi connectivity index (χ1v) is 13.4. The Morgan fingerprint density at radius 3 is 2.68 bits per heavy atom. The minimum atomic E-state index is -3.23. The van der Waals surface area contributed by atoms with Gasteiger partial charge in [0.1, 0.15) is 17.1 Å². The molecule has 1 N–H and O–H groups in total. The molecule has 5 heterocycles. The van der Waals surface area contributed by atoms with Crippen molar-refractivity contribution in [3.05, 3.63) is 46.8 Å². The summed E-state index contributed by atoms with van der Waals surface area (Å²) in [5.41, 5.74) is 1.97. The number of rotatable bonds is 7. The van der Waals surface area contributed by atoms with E-state index in [9.17, 15) is 14.3 Å². The van der Waals surface area contributed by atoms with Crippen LogP contribution < -0.4 is 10.3 Å². The maximum Gasteiger partial charge on any atom is 0.266 e. The lowest BCUT2D eigenvalue weighted by Gasteiger charge is -2.35. The Morgan fingerprint density at radius 1 is 1.24 bits per heavy atom. The van der Waals surface area contributed by atoms with E-state index >= 15 is 0 Å². The second-order valence-corrected chi connectivity index (χ2v) is 11.3. The molecule has 0 spiro atoms. The van der Waals surface area contributed by atoms with Crippen LogP contribution in [0.25, 0.3) is 22.1 Å². The van der Waals surface area contributed by atoms with Crippen molar-refractivity contribution < 1.29 is 23.3 Å². The summed E-state index contributed by atoms with van der Waals surface area (Å²) in [5, 5.41) is 0.511. The van der Waals surface area contributed by atoms with Crippen LogP contribution in [0.2, 0.25) is 0 Å². The summed E-state index contributed by atoms with van der Waals surface area (Å²) >= 11 is 0. The fourth-order valence-electron chi connectivity index (χ4n) is 4.36. The highest BCUT2D eigenvalue weighted by molar-refractivity contribution is 7.54. The fourth-order valence-corrected chi connectivity index (χ4v) is 5.29. The number of nitrogens with zero attached hydrogens (tertiary/aromatic N) is 4. The van der Waals surface area contributed by atoms with Crippen LogP contribution in [-0.2, 0) is 22.9 Å². The van der Waals surface area contributed by atoms with E-state index in [-0.39, 0.29) is 5.56 Å². The molecule has 3 aromatic heterocycles. The lowest BCUT2D eigenvalue weighted by molar-refractivity contribution is -0.0508. The molecule has 0 amide bonds. The molecular weight excluding hydrogens is 459 g/mol. The van der Waals surface area contributed by atoms with Gasteiger partial charge in [-0.2, -0.15) is 0 Å². The third kappa shape index (κ3) is 4.69. The highest BCUT2D eigenvalue weighted by atomic mass is 31.2. The topological polar surface area (TPSA) is 110 Å². The zero-order valence-corrected chi connectivity index (χ0v) is 20.2. The number of ether oxygens (including phenoxy) is 2. The zero-order chi connectivity index (χ0) is 23.9. The molecule has 2 aliphatic heterocycles. The SMILES string of the molecule is Cn1cc(-c2ccncc2OCC2COC2)c2oc(CN3CCN(P(C)(=O)O)CC3)cc2c1=O. The second-order valence-electron chi connectivity index (χ2n) is 9.07. The average Bonchev–Trinajstić information content (AvgIpc) is 3.19. The zero-order valence-electron chi connectivity index (χ0n) is 19.3. The molecule has 5 rings (SSSR count). The Hall–Kier alpha value is -2.49. The highest BCUT2D eigenvalue weighted by Crippen LogP contribution is 2.41. The summed E-state index contributed by atoms with van der Waals surface area (Å²) in [7, 11) is -1.50. The van der Waals surface area contributed by atoms with Gasteiger partial charge in [-0.05, 0) is 12.1 Å². The van der Waals surface area contributed by atoms with Crippen molar-refractivity contribution in [2.24, 2.45) is 13.0 Å². The van der Waals surface area contributed by atoms with Crippen LogP contribution in [0.1, 0.15) is 5.76 Å². The normalized spacial score (nSPS) is 19.7. The van der Waals surface area contributed by atoms with Gasteiger partial charge < -0.3 is 23.4 Å². The molecule has 0 radical (unpaired) electrons. The molecule has 0 saturated carbocycles. The second kappa shape index (κ2) is 9.28. The molecule has 10 nitrogen and oxygen atoms in total. The number of fused-ring (bicyclic) bond motifs is 1. The monoisotopic (exact) mass is 488 g/mol. The summed E-state index contributed by atoms with van der Waals surface area (Å²) in [5.74, 6) is 1.69. The van der Waals surface area contributed by atoms with E-state index in [4.69, 9.17) is 13.9 Å². The molecule has 1 atom stereocenters. The summed E-state index contributed by atoms with van der Waals surface area (Å²) in [6, 6.07) is 3.67. The van der Waals surface area contributed by atoms with Gasteiger partial charge in [-0.15, -0.1) is 0 Å². The quantitative estimate of drug-likeness (QED) is 0.500.